The fourth-order valence-electron chi connectivity index (χ4n) is 2.71. The maximum absolute atomic E-state index is 4.55. The summed E-state index contributed by atoms with van der Waals surface area (Å²) in [7, 11) is 0. The monoisotopic (exact) mass is 248 g/mol. The summed E-state index contributed by atoms with van der Waals surface area (Å²) in [6, 6.07) is 0. The molecule has 1 aromatic rings. The van der Waals surface area contributed by atoms with Crippen molar-refractivity contribution < 1.29 is 0 Å². The maximum atomic E-state index is 4.55. The van der Waals surface area contributed by atoms with Crippen LogP contribution in [0.15, 0.2) is 12.4 Å². The van der Waals surface area contributed by atoms with Gasteiger partial charge in [0.05, 0.1) is 18.1 Å². The van der Waals surface area contributed by atoms with Gasteiger partial charge in [-0.2, -0.15) is 0 Å². The molecule has 1 N–H and O–H groups in total. The topological polar surface area (TPSA) is 41.1 Å². The van der Waals surface area contributed by atoms with Crippen LogP contribution in [0.2, 0.25) is 0 Å². The van der Waals surface area contributed by atoms with Crippen LogP contribution in [0.3, 0.4) is 0 Å². The minimum absolute atomic E-state index is 0.747. The molecule has 0 aromatic carbocycles. The Balaban J connectivity index is 2.00. The minimum atomic E-state index is 0.747. The zero-order valence-electron chi connectivity index (χ0n) is 11.7. The van der Waals surface area contributed by atoms with Gasteiger partial charge in [0.2, 0.25) is 0 Å². The zero-order valence-corrected chi connectivity index (χ0v) is 11.7. The van der Waals surface area contributed by atoms with E-state index in [0.717, 1.165) is 49.5 Å². The lowest BCUT2D eigenvalue weighted by molar-refractivity contribution is 0.355. The molecule has 0 amide bonds. The van der Waals surface area contributed by atoms with E-state index in [2.05, 4.69) is 41.0 Å². The van der Waals surface area contributed by atoms with Crippen molar-refractivity contribution in [2.75, 3.05) is 24.5 Å². The summed E-state index contributed by atoms with van der Waals surface area (Å²) in [4.78, 5) is 11.4. The van der Waals surface area contributed by atoms with Crippen molar-refractivity contribution in [2.45, 2.75) is 33.7 Å². The Hall–Kier alpha value is -1.16. The van der Waals surface area contributed by atoms with Crippen LogP contribution in [0, 0.1) is 11.8 Å². The molecule has 2 unspecified atom stereocenters. The van der Waals surface area contributed by atoms with Crippen molar-refractivity contribution >= 4 is 5.82 Å². The SMILES string of the molecule is CCNCc1cnc(N2CC(C)CC(C)C2)cn1. The zero-order chi connectivity index (χ0) is 13.0. The van der Waals surface area contributed by atoms with Crippen LogP contribution in [0.25, 0.3) is 0 Å². The van der Waals surface area contributed by atoms with Gasteiger partial charge in [0.25, 0.3) is 0 Å². The first-order valence-electron chi connectivity index (χ1n) is 6.95. The highest BCUT2D eigenvalue weighted by Gasteiger charge is 2.22. The number of aromatic nitrogens is 2. The molecule has 0 saturated carbocycles. The van der Waals surface area contributed by atoms with Gasteiger partial charge < -0.3 is 10.2 Å². The van der Waals surface area contributed by atoms with Crippen LogP contribution in [0.5, 0.6) is 0 Å². The normalized spacial score (nSPS) is 24.3. The molecule has 1 aliphatic rings. The lowest BCUT2D eigenvalue weighted by Gasteiger charge is -2.35. The molecule has 2 rings (SSSR count). The van der Waals surface area contributed by atoms with E-state index in [1.165, 1.54) is 6.42 Å². The van der Waals surface area contributed by atoms with Crippen LogP contribution in [0.4, 0.5) is 5.82 Å². The van der Waals surface area contributed by atoms with E-state index in [1.807, 2.05) is 12.4 Å². The van der Waals surface area contributed by atoms with Crippen molar-refractivity contribution in [1.29, 1.82) is 0 Å². The highest BCUT2D eigenvalue weighted by atomic mass is 15.2. The Morgan fingerprint density at radius 2 is 1.94 bits per heavy atom. The molecule has 0 bridgehead atoms. The van der Waals surface area contributed by atoms with Crippen molar-refractivity contribution in [2.24, 2.45) is 11.8 Å². The summed E-state index contributed by atoms with van der Waals surface area (Å²) in [5.41, 5.74) is 1.01. The lowest BCUT2D eigenvalue weighted by Crippen LogP contribution is -2.39. The summed E-state index contributed by atoms with van der Waals surface area (Å²) in [5, 5.41) is 3.26. The second-order valence-corrected chi connectivity index (χ2v) is 5.50. The minimum Gasteiger partial charge on any atom is -0.355 e. The van der Waals surface area contributed by atoms with Gasteiger partial charge in [0.1, 0.15) is 5.82 Å². The summed E-state index contributed by atoms with van der Waals surface area (Å²) >= 11 is 0. The molecular weight excluding hydrogens is 224 g/mol. The molecule has 100 valence electrons. The van der Waals surface area contributed by atoms with E-state index in [-0.39, 0.29) is 0 Å². The van der Waals surface area contributed by atoms with Gasteiger partial charge in [0, 0.05) is 19.6 Å². The maximum Gasteiger partial charge on any atom is 0.147 e. The molecule has 0 radical (unpaired) electrons. The van der Waals surface area contributed by atoms with Gasteiger partial charge >= 0.3 is 0 Å². The van der Waals surface area contributed by atoms with E-state index >= 15 is 0 Å². The van der Waals surface area contributed by atoms with Crippen LogP contribution < -0.4 is 10.2 Å². The number of rotatable bonds is 4. The van der Waals surface area contributed by atoms with Crippen LogP contribution >= 0.6 is 0 Å². The molecule has 1 aliphatic heterocycles. The van der Waals surface area contributed by atoms with Gasteiger partial charge in [-0.1, -0.05) is 20.8 Å². The van der Waals surface area contributed by atoms with Gasteiger partial charge in [-0.05, 0) is 24.8 Å². The van der Waals surface area contributed by atoms with E-state index in [0.29, 0.717) is 0 Å². The number of anilines is 1. The Morgan fingerprint density at radius 3 is 2.50 bits per heavy atom. The van der Waals surface area contributed by atoms with Crippen molar-refractivity contribution in [3.8, 4) is 0 Å². The van der Waals surface area contributed by atoms with Crippen molar-refractivity contribution in [3.63, 3.8) is 0 Å². The fourth-order valence-corrected chi connectivity index (χ4v) is 2.71. The molecule has 2 heterocycles. The third-order valence-electron chi connectivity index (χ3n) is 3.44. The average molecular weight is 248 g/mol. The number of hydrogen-bond acceptors (Lipinski definition) is 4. The smallest absolute Gasteiger partial charge is 0.147 e. The molecule has 18 heavy (non-hydrogen) atoms. The summed E-state index contributed by atoms with van der Waals surface area (Å²) in [6.07, 6.45) is 5.13. The van der Waals surface area contributed by atoms with E-state index < -0.39 is 0 Å². The third kappa shape index (κ3) is 3.42. The second kappa shape index (κ2) is 6.14. The predicted molar refractivity (Wildman–Crippen MR) is 74.6 cm³/mol. The van der Waals surface area contributed by atoms with E-state index in [9.17, 15) is 0 Å². The van der Waals surface area contributed by atoms with Gasteiger partial charge in [-0.15, -0.1) is 0 Å². The Morgan fingerprint density at radius 1 is 1.22 bits per heavy atom. The second-order valence-electron chi connectivity index (χ2n) is 5.50. The van der Waals surface area contributed by atoms with Gasteiger partial charge in [-0.25, -0.2) is 4.98 Å². The largest absolute Gasteiger partial charge is 0.355 e. The van der Waals surface area contributed by atoms with Crippen LogP contribution in [-0.4, -0.2) is 29.6 Å². The number of hydrogen-bond donors (Lipinski definition) is 1. The van der Waals surface area contributed by atoms with Gasteiger partial charge in [0.15, 0.2) is 0 Å². The molecule has 1 aromatic heterocycles. The highest BCUT2D eigenvalue weighted by Crippen LogP contribution is 2.24. The molecule has 2 atom stereocenters. The fraction of sp³-hybridized carbons (Fsp3) is 0.714. The third-order valence-corrected chi connectivity index (χ3v) is 3.44. The quantitative estimate of drug-likeness (QED) is 0.885. The first kappa shape index (κ1) is 13.3. The average Bonchev–Trinajstić information content (AvgIpc) is 2.36. The predicted octanol–water partition coefficient (Wildman–Crippen LogP) is 2.07. The number of piperidine rings is 1. The molecule has 0 aliphatic carbocycles. The summed E-state index contributed by atoms with van der Waals surface area (Å²) < 4.78 is 0. The highest BCUT2D eigenvalue weighted by molar-refractivity contribution is 5.36. The lowest BCUT2D eigenvalue weighted by atomic mass is 9.92. The van der Waals surface area contributed by atoms with E-state index in [4.69, 9.17) is 0 Å². The summed E-state index contributed by atoms with van der Waals surface area (Å²) in [6.45, 7) is 10.7. The van der Waals surface area contributed by atoms with Crippen LogP contribution in [0.1, 0.15) is 32.9 Å². The molecule has 1 fully saturated rings. The Labute approximate surface area is 110 Å². The van der Waals surface area contributed by atoms with Crippen molar-refractivity contribution in [1.82, 2.24) is 15.3 Å². The Kier molecular flexibility index (Phi) is 4.53. The Bertz CT molecular complexity index is 353. The molecule has 0 spiro atoms. The summed E-state index contributed by atoms with van der Waals surface area (Å²) in [5.74, 6) is 2.52. The number of nitrogens with zero attached hydrogens (tertiary/aromatic N) is 3. The molecule has 1 saturated heterocycles. The first-order chi connectivity index (χ1) is 8.69. The van der Waals surface area contributed by atoms with Crippen molar-refractivity contribution in [3.05, 3.63) is 18.1 Å². The first-order valence-corrected chi connectivity index (χ1v) is 6.95. The molecule has 4 nitrogen and oxygen atoms in total. The van der Waals surface area contributed by atoms with E-state index in [1.54, 1.807) is 0 Å². The van der Waals surface area contributed by atoms with Crippen LogP contribution in [-0.2, 0) is 6.54 Å². The molecule has 4 heteroatoms. The van der Waals surface area contributed by atoms with Gasteiger partial charge in [-0.3, -0.25) is 4.98 Å². The standard InChI is InChI=1S/C14H24N4/c1-4-15-6-13-7-17-14(8-16-13)18-9-11(2)5-12(3)10-18/h7-8,11-12,15H,4-6,9-10H2,1-3H3. The number of nitrogens with one attached hydrogen (secondary N) is 1. The molecular formula is C14H24N4.